The zero-order chi connectivity index (χ0) is 24.8. The van der Waals surface area contributed by atoms with Crippen molar-refractivity contribution in [3.05, 3.63) is 94.6 Å². The van der Waals surface area contributed by atoms with Crippen LogP contribution in [0, 0.1) is 13.8 Å². The molecule has 2 atom stereocenters. The smallest absolute Gasteiger partial charge is 0.410 e. The fourth-order valence-corrected chi connectivity index (χ4v) is 6.65. The van der Waals surface area contributed by atoms with Crippen molar-refractivity contribution in [2.75, 3.05) is 13.7 Å². The van der Waals surface area contributed by atoms with Gasteiger partial charge in [0.1, 0.15) is 12.4 Å². The molecule has 2 aliphatic heterocycles. The van der Waals surface area contributed by atoms with E-state index in [2.05, 4.69) is 80.6 Å². The summed E-state index contributed by atoms with van der Waals surface area (Å²) in [6, 6.07) is 21.7. The Morgan fingerprint density at radius 2 is 1.58 bits per heavy atom. The van der Waals surface area contributed by atoms with E-state index in [-0.39, 0.29) is 24.1 Å². The van der Waals surface area contributed by atoms with Crippen molar-refractivity contribution in [3.63, 3.8) is 0 Å². The number of ether oxygens (including phenoxy) is 2. The molecule has 0 saturated carbocycles. The van der Waals surface area contributed by atoms with E-state index in [4.69, 9.17) is 9.47 Å². The molecule has 3 aliphatic rings. The third-order valence-corrected chi connectivity index (χ3v) is 8.22. The van der Waals surface area contributed by atoms with Crippen molar-refractivity contribution in [1.29, 1.82) is 0 Å². The van der Waals surface area contributed by atoms with Crippen LogP contribution < -0.4 is 4.74 Å². The molecular weight excluding hydrogens is 446 g/mol. The Morgan fingerprint density at radius 1 is 0.944 bits per heavy atom. The van der Waals surface area contributed by atoms with E-state index in [9.17, 15) is 4.79 Å². The molecule has 0 N–H and O–H groups in total. The number of piperidine rings is 1. The van der Waals surface area contributed by atoms with E-state index >= 15 is 0 Å². The Bertz CT molecular complexity index is 1290. The van der Waals surface area contributed by atoms with Crippen molar-refractivity contribution in [2.45, 2.75) is 57.5 Å². The Kier molecular flexibility index (Phi) is 5.83. The zero-order valence-corrected chi connectivity index (χ0v) is 21.3. The first-order chi connectivity index (χ1) is 17.5. The molecule has 2 unspecified atom stereocenters. The lowest BCUT2D eigenvalue weighted by Gasteiger charge is -2.44. The highest BCUT2D eigenvalue weighted by Crippen LogP contribution is 2.45. The molecule has 1 amide bonds. The lowest BCUT2D eigenvalue weighted by Crippen LogP contribution is -2.51. The molecule has 0 aromatic heterocycles. The van der Waals surface area contributed by atoms with E-state index < -0.39 is 0 Å². The van der Waals surface area contributed by atoms with E-state index in [1.807, 2.05) is 4.90 Å². The summed E-state index contributed by atoms with van der Waals surface area (Å²) in [4.78, 5) is 15.5. The van der Waals surface area contributed by atoms with Gasteiger partial charge in [-0.2, -0.15) is 0 Å². The number of fused-ring (bicyclic) bond motifs is 5. The van der Waals surface area contributed by atoms with Crippen LogP contribution in [0.2, 0.25) is 0 Å². The molecule has 4 heteroatoms. The molecule has 6 rings (SSSR count). The van der Waals surface area contributed by atoms with Crippen molar-refractivity contribution in [3.8, 4) is 16.9 Å². The summed E-state index contributed by atoms with van der Waals surface area (Å²) in [5.74, 6) is 1.04. The van der Waals surface area contributed by atoms with Crippen LogP contribution in [0.15, 0.2) is 66.7 Å². The van der Waals surface area contributed by atoms with Crippen LogP contribution >= 0.6 is 0 Å². The number of aryl methyl sites for hydroxylation is 2. The number of carbonyl (C=O) groups is 1. The molecule has 3 aromatic rings. The Labute approximate surface area is 213 Å². The predicted molar refractivity (Wildman–Crippen MR) is 143 cm³/mol. The van der Waals surface area contributed by atoms with Crippen molar-refractivity contribution in [1.82, 2.24) is 4.90 Å². The first-order valence-electron chi connectivity index (χ1n) is 13.0. The van der Waals surface area contributed by atoms with Crippen LogP contribution in [-0.2, 0) is 4.74 Å². The molecule has 4 nitrogen and oxygen atoms in total. The van der Waals surface area contributed by atoms with E-state index in [0.717, 1.165) is 42.6 Å². The van der Waals surface area contributed by atoms with Gasteiger partial charge in [0.15, 0.2) is 0 Å². The van der Waals surface area contributed by atoms with Gasteiger partial charge in [0.25, 0.3) is 0 Å². The number of nitrogens with zero attached hydrogens (tertiary/aromatic N) is 1. The minimum Gasteiger partial charge on any atom is -0.496 e. The first kappa shape index (κ1) is 22.9. The molecule has 36 heavy (non-hydrogen) atoms. The number of benzene rings is 3. The number of hydrogen-bond donors (Lipinski definition) is 0. The molecule has 1 fully saturated rings. The number of rotatable bonds is 4. The van der Waals surface area contributed by atoms with E-state index in [1.165, 1.54) is 33.4 Å². The molecule has 1 aliphatic carbocycles. The van der Waals surface area contributed by atoms with Crippen LogP contribution in [-0.4, -0.2) is 36.8 Å². The van der Waals surface area contributed by atoms with Gasteiger partial charge >= 0.3 is 6.09 Å². The summed E-state index contributed by atoms with van der Waals surface area (Å²) in [6.07, 6.45) is 6.14. The summed E-state index contributed by atoms with van der Waals surface area (Å²) in [6.45, 7) is 4.57. The molecule has 3 aromatic carbocycles. The Hall–Kier alpha value is -3.53. The van der Waals surface area contributed by atoms with Gasteiger partial charge in [0.2, 0.25) is 0 Å². The Morgan fingerprint density at radius 3 is 2.19 bits per heavy atom. The van der Waals surface area contributed by atoms with Gasteiger partial charge in [-0.15, -0.1) is 0 Å². The average molecular weight is 480 g/mol. The van der Waals surface area contributed by atoms with Crippen molar-refractivity contribution < 1.29 is 14.3 Å². The van der Waals surface area contributed by atoms with Crippen LogP contribution in [0.25, 0.3) is 16.7 Å². The van der Waals surface area contributed by atoms with Crippen LogP contribution in [0.1, 0.15) is 59.4 Å². The molecular formula is C32H33NO3. The van der Waals surface area contributed by atoms with Gasteiger partial charge in [-0.25, -0.2) is 4.79 Å². The molecule has 184 valence electrons. The van der Waals surface area contributed by atoms with Gasteiger partial charge in [-0.05, 0) is 96.2 Å². The lowest BCUT2D eigenvalue weighted by molar-refractivity contribution is 0.0539. The van der Waals surface area contributed by atoms with E-state index in [0.29, 0.717) is 6.61 Å². The predicted octanol–water partition coefficient (Wildman–Crippen LogP) is 7.27. The summed E-state index contributed by atoms with van der Waals surface area (Å²) in [5.41, 5.74) is 9.88. The number of methoxy groups -OCH3 is 1. The van der Waals surface area contributed by atoms with Gasteiger partial charge < -0.3 is 9.47 Å². The lowest BCUT2D eigenvalue weighted by atomic mass is 9.82. The standard InChI is InChI=1S/C32H33NO3/c1-20-15-22(16-21(2)31(20)35-3)23-17-24-9-8-10-25(18-23)33(24)32(34)36-19-30-28-13-6-4-11-26(28)27-12-5-7-14-29(27)30/h4-7,11-17,24-25,30H,8-10,18-19H2,1-3H3. The van der Waals surface area contributed by atoms with Crippen molar-refractivity contribution in [2.24, 2.45) is 0 Å². The third kappa shape index (κ3) is 3.80. The second kappa shape index (κ2) is 9.16. The van der Waals surface area contributed by atoms with E-state index in [1.54, 1.807) is 7.11 Å². The largest absolute Gasteiger partial charge is 0.496 e. The third-order valence-electron chi connectivity index (χ3n) is 8.22. The van der Waals surface area contributed by atoms with Gasteiger partial charge in [0.05, 0.1) is 13.2 Å². The zero-order valence-electron chi connectivity index (χ0n) is 21.3. The number of carbonyl (C=O) groups excluding carboxylic acids is 1. The molecule has 0 radical (unpaired) electrons. The summed E-state index contributed by atoms with van der Waals surface area (Å²) in [5, 5.41) is 0. The van der Waals surface area contributed by atoms with Crippen molar-refractivity contribution >= 4 is 11.7 Å². The highest BCUT2D eigenvalue weighted by Gasteiger charge is 2.39. The second-order valence-corrected chi connectivity index (χ2v) is 10.4. The molecule has 0 spiro atoms. The topological polar surface area (TPSA) is 38.8 Å². The van der Waals surface area contributed by atoms with Crippen LogP contribution in [0.3, 0.4) is 0 Å². The number of hydrogen-bond acceptors (Lipinski definition) is 3. The summed E-state index contributed by atoms with van der Waals surface area (Å²) in [7, 11) is 1.73. The maximum Gasteiger partial charge on any atom is 0.410 e. The highest BCUT2D eigenvalue weighted by atomic mass is 16.6. The SMILES string of the molecule is COc1c(C)cc(C2=CC3CCCC(C2)N3C(=O)OCC2c3ccccc3-c3ccccc32)cc1C. The molecule has 2 bridgehead atoms. The maximum absolute atomic E-state index is 13.5. The van der Waals surface area contributed by atoms with Gasteiger partial charge in [-0.1, -0.05) is 54.6 Å². The molecule has 2 heterocycles. The molecule has 1 saturated heterocycles. The first-order valence-corrected chi connectivity index (χ1v) is 13.0. The maximum atomic E-state index is 13.5. The monoisotopic (exact) mass is 479 g/mol. The average Bonchev–Trinajstić information content (AvgIpc) is 3.20. The highest BCUT2D eigenvalue weighted by molar-refractivity contribution is 5.79. The normalized spacial score (nSPS) is 20.4. The van der Waals surface area contributed by atoms with Gasteiger partial charge in [-0.3, -0.25) is 4.90 Å². The quantitative estimate of drug-likeness (QED) is 0.395. The minimum atomic E-state index is -0.177. The number of amides is 1. The minimum absolute atomic E-state index is 0.0855. The fraction of sp³-hybridized carbons (Fsp3) is 0.344. The summed E-state index contributed by atoms with van der Waals surface area (Å²) >= 11 is 0. The Balaban J connectivity index is 1.22. The second-order valence-electron chi connectivity index (χ2n) is 10.4. The van der Waals surface area contributed by atoms with Gasteiger partial charge in [0, 0.05) is 12.0 Å². The van der Waals surface area contributed by atoms with Crippen LogP contribution in [0.4, 0.5) is 4.79 Å². The van der Waals surface area contributed by atoms with Crippen LogP contribution in [0.5, 0.6) is 5.75 Å². The summed E-state index contributed by atoms with van der Waals surface area (Å²) < 4.78 is 11.6. The fourth-order valence-electron chi connectivity index (χ4n) is 6.65.